The number of nitrogens with two attached hydrogens (primary N) is 1. The smallest absolute Gasteiger partial charge is 0.187 e. The van der Waals surface area contributed by atoms with Gasteiger partial charge in [-0.2, -0.15) is 0 Å². The molecule has 1 aromatic carbocycles. The maximum Gasteiger partial charge on any atom is 0.187 e. The van der Waals surface area contributed by atoms with E-state index in [1.807, 2.05) is 24.4 Å². The first-order valence-electron chi connectivity index (χ1n) is 4.52. The van der Waals surface area contributed by atoms with Crippen molar-refractivity contribution >= 4 is 16.6 Å². The maximum absolute atomic E-state index is 6.93. The van der Waals surface area contributed by atoms with Gasteiger partial charge in [-0.05, 0) is 36.0 Å². The predicted octanol–water partition coefficient (Wildman–Crippen LogP) is 2.22. The van der Waals surface area contributed by atoms with E-state index in [9.17, 15) is 0 Å². The van der Waals surface area contributed by atoms with Crippen LogP contribution < -0.4 is 5.73 Å². The molecule has 0 saturated heterocycles. The highest BCUT2D eigenvalue weighted by Gasteiger charge is 2.03. The number of aromatic nitrogens is 1. The molecule has 70 valence electrons. The summed E-state index contributed by atoms with van der Waals surface area (Å²) in [5.74, 6) is 0. The predicted molar refractivity (Wildman–Crippen MR) is 57.3 cm³/mol. The van der Waals surface area contributed by atoms with Gasteiger partial charge in [0.2, 0.25) is 0 Å². The van der Waals surface area contributed by atoms with Crippen molar-refractivity contribution in [2.75, 3.05) is 6.54 Å². The Hall–Kier alpha value is -1.79. The molecule has 3 nitrogen and oxygen atoms in total. The van der Waals surface area contributed by atoms with Gasteiger partial charge in [0.15, 0.2) is 5.69 Å². The summed E-state index contributed by atoms with van der Waals surface area (Å²) in [6.07, 6.45) is 2.81. The van der Waals surface area contributed by atoms with Gasteiger partial charge in [-0.1, -0.05) is 6.07 Å². The SMILES string of the molecule is [C-]#[N+]c1ccc2[nH]cc(CCN)c2c1. The van der Waals surface area contributed by atoms with Gasteiger partial charge < -0.3 is 10.7 Å². The zero-order valence-electron chi connectivity index (χ0n) is 7.75. The van der Waals surface area contributed by atoms with Gasteiger partial charge in [0.1, 0.15) is 0 Å². The second-order valence-corrected chi connectivity index (χ2v) is 3.19. The first-order valence-corrected chi connectivity index (χ1v) is 4.52. The molecule has 1 heterocycles. The molecule has 3 N–H and O–H groups in total. The summed E-state index contributed by atoms with van der Waals surface area (Å²) >= 11 is 0. The molecule has 1 aromatic heterocycles. The lowest BCUT2D eigenvalue weighted by molar-refractivity contribution is 0.976. The quantitative estimate of drug-likeness (QED) is 0.692. The minimum atomic E-state index is 0.634. The summed E-state index contributed by atoms with van der Waals surface area (Å²) in [4.78, 5) is 6.57. The normalized spacial score (nSPS) is 10.3. The fourth-order valence-electron chi connectivity index (χ4n) is 1.60. The number of nitrogens with one attached hydrogen (secondary N) is 1. The molecule has 0 saturated carbocycles. The van der Waals surface area contributed by atoms with Crippen LogP contribution >= 0.6 is 0 Å². The molecule has 0 aliphatic heterocycles. The lowest BCUT2D eigenvalue weighted by atomic mass is 10.1. The number of hydrogen-bond donors (Lipinski definition) is 2. The first kappa shape index (κ1) is 8.79. The molecule has 0 aliphatic carbocycles. The van der Waals surface area contributed by atoms with Crippen molar-refractivity contribution in [3.05, 3.63) is 41.4 Å². The van der Waals surface area contributed by atoms with E-state index < -0.39 is 0 Å². The fourth-order valence-corrected chi connectivity index (χ4v) is 1.60. The third-order valence-electron chi connectivity index (χ3n) is 2.29. The van der Waals surface area contributed by atoms with E-state index in [1.165, 1.54) is 5.56 Å². The van der Waals surface area contributed by atoms with E-state index in [1.54, 1.807) is 0 Å². The van der Waals surface area contributed by atoms with Crippen LogP contribution in [0.4, 0.5) is 5.69 Å². The van der Waals surface area contributed by atoms with Crippen LogP contribution in [0.5, 0.6) is 0 Å². The molecule has 2 aromatic rings. The summed E-state index contributed by atoms with van der Waals surface area (Å²) < 4.78 is 0. The lowest BCUT2D eigenvalue weighted by Crippen LogP contribution is -2.01. The van der Waals surface area contributed by atoms with Gasteiger partial charge in [-0.25, -0.2) is 4.85 Å². The zero-order valence-corrected chi connectivity index (χ0v) is 7.75. The summed E-state index contributed by atoms with van der Waals surface area (Å²) in [5, 5.41) is 1.11. The minimum absolute atomic E-state index is 0.634. The molecule has 0 amide bonds. The summed E-state index contributed by atoms with van der Waals surface area (Å²) in [6.45, 7) is 7.57. The Balaban J connectivity index is 2.59. The molecule has 2 rings (SSSR count). The van der Waals surface area contributed by atoms with Crippen LogP contribution in [-0.4, -0.2) is 11.5 Å². The minimum Gasteiger partial charge on any atom is -0.361 e. The number of H-pyrrole nitrogens is 1. The zero-order chi connectivity index (χ0) is 9.97. The van der Waals surface area contributed by atoms with Crippen LogP contribution in [0.15, 0.2) is 24.4 Å². The number of benzene rings is 1. The molecule has 0 radical (unpaired) electrons. The molecule has 14 heavy (non-hydrogen) atoms. The van der Waals surface area contributed by atoms with Gasteiger partial charge in [0.05, 0.1) is 6.57 Å². The standard InChI is InChI=1S/C11H11N3/c1-13-9-2-3-11-10(6-9)8(4-5-12)7-14-11/h2-3,6-7,14H,4-5,12H2. The number of fused-ring (bicyclic) bond motifs is 1. The van der Waals surface area contributed by atoms with E-state index in [2.05, 4.69) is 9.83 Å². The van der Waals surface area contributed by atoms with Gasteiger partial charge >= 0.3 is 0 Å². The Labute approximate surface area is 82.4 Å². The summed E-state index contributed by atoms with van der Waals surface area (Å²) in [7, 11) is 0. The Kier molecular flexibility index (Phi) is 2.21. The number of rotatable bonds is 2. The van der Waals surface area contributed by atoms with Crippen molar-refractivity contribution in [1.82, 2.24) is 4.98 Å². The lowest BCUT2D eigenvalue weighted by Gasteiger charge is -1.96. The van der Waals surface area contributed by atoms with Crippen molar-refractivity contribution in [1.29, 1.82) is 0 Å². The Morgan fingerprint density at radius 3 is 3.00 bits per heavy atom. The first-order chi connectivity index (χ1) is 6.85. The average molecular weight is 185 g/mol. The molecule has 0 bridgehead atoms. The Bertz CT molecular complexity index is 491. The molecule has 0 aliphatic rings. The topological polar surface area (TPSA) is 46.2 Å². The monoisotopic (exact) mass is 185 g/mol. The third kappa shape index (κ3) is 1.36. The third-order valence-corrected chi connectivity index (χ3v) is 2.29. The summed E-state index contributed by atoms with van der Waals surface area (Å²) in [5.41, 5.74) is 8.44. The van der Waals surface area contributed by atoms with E-state index in [0.717, 1.165) is 17.3 Å². The highest BCUT2D eigenvalue weighted by Crippen LogP contribution is 2.23. The number of hydrogen-bond acceptors (Lipinski definition) is 1. The number of nitrogens with zero attached hydrogens (tertiary/aromatic N) is 1. The Morgan fingerprint density at radius 1 is 1.43 bits per heavy atom. The second kappa shape index (κ2) is 3.52. The highest BCUT2D eigenvalue weighted by atomic mass is 14.7. The van der Waals surface area contributed by atoms with Gasteiger partial charge in [0, 0.05) is 11.7 Å². The van der Waals surface area contributed by atoms with Crippen molar-refractivity contribution in [3.8, 4) is 0 Å². The van der Waals surface area contributed by atoms with Gasteiger partial charge in [-0.15, -0.1) is 0 Å². The van der Waals surface area contributed by atoms with Gasteiger partial charge in [-0.3, -0.25) is 0 Å². The van der Waals surface area contributed by atoms with E-state index in [-0.39, 0.29) is 0 Å². The van der Waals surface area contributed by atoms with Crippen molar-refractivity contribution in [2.24, 2.45) is 5.73 Å². The number of aromatic amines is 1. The molecule has 0 unspecified atom stereocenters. The van der Waals surface area contributed by atoms with Crippen LogP contribution in [0, 0.1) is 6.57 Å². The highest BCUT2D eigenvalue weighted by molar-refractivity contribution is 5.86. The second-order valence-electron chi connectivity index (χ2n) is 3.19. The van der Waals surface area contributed by atoms with Crippen molar-refractivity contribution < 1.29 is 0 Å². The van der Waals surface area contributed by atoms with Crippen LogP contribution in [-0.2, 0) is 6.42 Å². The maximum atomic E-state index is 6.93. The molecule has 0 spiro atoms. The van der Waals surface area contributed by atoms with Gasteiger partial charge in [0.25, 0.3) is 0 Å². The molecule has 0 fully saturated rings. The molecule has 3 heteroatoms. The molecular weight excluding hydrogens is 174 g/mol. The van der Waals surface area contributed by atoms with Crippen molar-refractivity contribution in [3.63, 3.8) is 0 Å². The van der Waals surface area contributed by atoms with Crippen LogP contribution in [0.25, 0.3) is 15.7 Å². The van der Waals surface area contributed by atoms with Crippen molar-refractivity contribution in [2.45, 2.75) is 6.42 Å². The summed E-state index contributed by atoms with van der Waals surface area (Å²) in [6, 6.07) is 5.66. The van der Waals surface area contributed by atoms with E-state index >= 15 is 0 Å². The van der Waals surface area contributed by atoms with E-state index in [0.29, 0.717) is 12.2 Å². The van der Waals surface area contributed by atoms with E-state index in [4.69, 9.17) is 12.3 Å². The van der Waals surface area contributed by atoms with Crippen LogP contribution in [0.3, 0.4) is 0 Å². The largest absolute Gasteiger partial charge is 0.361 e. The van der Waals surface area contributed by atoms with Crippen LogP contribution in [0.2, 0.25) is 0 Å². The Morgan fingerprint density at radius 2 is 2.29 bits per heavy atom. The molecular formula is C11H11N3. The van der Waals surface area contributed by atoms with Crippen LogP contribution in [0.1, 0.15) is 5.56 Å². The molecule has 0 atom stereocenters. The average Bonchev–Trinajstić information content (AvgIpc) is 2.61. The fraction of sp³-hybridized carbons (Fsp3) is 0.182.